The minimum Gasteiger partial charge on any atom is -0.351 e. The summed E-state index contributed by atoms with van der Waals surface area (Å²) < 4.78 is 6.55. The maximum Gasteiger partial charge on any atom is 0.295 e. The second-order valence-corrected chi connectivity index (χ2v) is 4.99. The molecule has 0 atom stereocenters. The van der Waals surface area contributed by atoms with Gasteiger partial charge in [-0.25, -0.2) is 0 Å². The largest absolute Gasteiger partial charge is 0.351 e. The summed E-state index contributed by atoms with van der Waals surface area (Å²) in [6.07, 6.45) is 2.26. The summed E-state index contributed by atoms with van der Waals surface area (Å²) in [6, 6.07) is 5.27. The number of carbonyl (C=O) groups excluding carboxylic acids is 1. The van der Waals surface area contributed by atoms with Crippen LogP contribution >= 0.6 is 11.6 Å². The van der Waals surface area contributed by atoms with Gasteiger partial charge >= 0.3 is 0 Å². The van der Waals surface area contributed by atoms with E-state index in [9.17, 15) is 4.79 Å². The number of fused-ring (bicyclic) bond motifs is 1. The highest BCUT2D eigenvalue weighted by molar-refractivity contribution is 6.36. The highest BCUT2D eigenvalue weighted by Gasteiger charge is 2.18. The number of carbonyl (C=O) groups is 1. The number of nitrogens with one attached hydrogen (secondary N) is 1. The average molecular weight is 305 g/mol. The molecular formula is C14H13ClN4O2. The minimum absolute atomic E-state index is 0.122. The number of aromatic nitrogens is 3. The molecule has 0 aliphatic rings. The fourth-order valence-corrected chi connectivity index (χ4v) is 2.57. The highest BCUT2D eigenvalue weighted by Crippen LogP contribution is 2.32. The molecule has 108 valence electrons. The van der Waals surface area contributed by atoms with Gasteiger partial charge in [0.15, 0.2) is 5.82 Å². The fourth-order valence-electron chi connectivity index (χ4n) is 2.33. The zero-order valence-electron chi connectivity index (χ0n) is 11.6. The van der Waals surface area contributed by atoms with Crippen LogP contribution in [0.1, 0.15) is 23.0 Å². The van der Waals surface area contributed by atoms with E-state index in [1.807, 2.05) is 19.2 Å². The van der Waals surface area contributed by atoms with Crippen LogP contribution in [0.5, 0.6) is 0 Å². The summed E-state index contributed by atoms with van der Waals surface area (Å²) in [5, 5.41) is 11.8. The topological polar surface area (TPSA) is 73.0 Å². The average Bonchev–Trinajstić information content (AvgIpc) is 3.09. The quantitative estimate of drug-likeness (QED) is 0.807. The van der Waals surface area contributed by atoms with E-state index in [0.717, 1.165) is 22.9 Å². The van der Waals surface area contributed by atoms with Crippen LogP contribution in [0, 0.1) is 0 Å². The summed E-state index contributed by atoms with van der Waals surface area (Å²) in [6.45, 7) is 2.06. The number of amides is 1. The Labute approximate surface area is 125 Å². The van der Waals surface area contributed by atoms with Crippen LogP contribution in [0.25, 0.3) is 10.9 Å². The van der Waals surface area contributed by atoms with E-state index in [0.29, 0.717) is 10.8 Å². The van der Waals surface area contributed by atoms with Gasteiger partial charge in [-0.2, -0.15) is 5.10 Å². The maximum absolute atomic E-state index is 12.1. The van der Waals surface area contributed by atoms with Gasteiger partial charge in [0.05, 0.1) is 22.1 Å². The number of nitrogens with zero attached hydrogens (tertiary/aromatic N) is 3. The summed E-state index contributed by atoms with van der Waals surface area (Å²) in [7, 11) is 1.82. The first-order chi connectivity index (χ1) is 10.1. The van der Waals surface area contributed by atoms with Crippen molar-refractivity contribution in [2.24, 2.45) is 7.05 Å². The molecule has 2 heterocycles. The van der Waals surface area contributed by atoms with Crippen LogP contribution in [0.15, 0.2) is 28.9 Å². The van der Waals surface area contributed by atoms with Gasteiger partial charge in [-0.15, -0.1) is 0 Å². The molecule has 3 rings (SSSR count). The summed E-state index contributed by atoms with van der Waals surface area (Å²) in [5.74, 6) is 0.122. The molecule has 0 unspecified atom stereocenters. The van der Waals surface area contributed by atoms with Crippen LogP contribution in [0.3, 0.4) is 0 Å². The first-order valence-electron chi connectivity index (χ1n) is 6.48. The van der Waals surface area contributed by atoms with Crippen molar-refractivity contribution in [2.75, 3.05) is 5.32 Å². The number of anilines is 1. The predicted molar refractivity (Wildman–Crippen MR) is 79.6 cm³/mol. The van der Waals surface area contributed by atoms with Crippen molar-refractivity contribution in [3.63, 3.8) is 0 Å². The van der Waals surface area contributed by atoms with E-state index >= 15 is 0 Å². The molecule has 0 radical (unpaired) electrons. The van der Waals surface area contributed by atoms with Crippen LogP contribution in [0.2, 0.25) is 5.02 Å². The number of halogens is 1. The van der Waals surface area contributed by atoms with Gasteiger partial charge in [0.25, 0.3) is 5.91 Å². The van der Waals surface area contributed by atoms with Crippen molar-refractivity contribution in [1.29, 1.82) is 0 Å². The van der Waals surface area contributed by atoms with Gasteiger partial charge in [-0.1, -0.05) is 29.7 Å². The first-order valence-corrected chi connectivity index (χ1v) is 6.85. The maximum atomic E-state index is 12.1. The lowest BCUT2D eigenvalue weighted by atomic mass is 10.1. The van der Waals surface area contributed by atoms with E-state index < -0.39 is 5.91 Å². The van der Waals surface area contributed by atoms with Crippen molar-refractivity contribution in [1.82, 2.24) is 14.9 Å². The Balaban J connectivity index is 2.09. The van der Waals surface area contributed by atoms with Crippen molar-refractivity contribution in [3.05, 3.63) is 40.7 Å². The Bertz CT molecular complexity index is 808. The van der Waals surface area contributed by atoms with Crippen LogP contribution < -0.4 is 5.32 Å². The SMILES string of the molecule is CCc1ccc(Cl)c2c(NC(=O)c3ccno3)nn(C)c12. The molecular weight excluding hydrogens is 292 g/mol. The summed E-state index contributed by atoms with van der Waals surface area (Å²) in [5.41, 5.74) is 2.03. The third-order valence-corrected chi connectivity index (χ3v) is 3.61. The zero-order chi connectivity index (χ0) is 15.0. The molecule has 21 heavy (non-hydrogen) atoms. The van der Waals surface area contributed by atoms with E-state index in [4.69, 9.17) is 16.1 Å². The molecule has 0 bridgehead atoms. The third-order valence-electron chi connectivity index (χ3n) is 3.30. The first kappa shape index (κ1) is 13.6. The van der Waals surface area contributed by atoms with Crippen molar-refractivity contribution >= 4 is 34.2 Å². The molecule has 0 aliphatic carbocycles. The smallest absolute Gasteiger partial charge is 0.295 e. The van der Waals surface area contributed by atoms with Crippen LogP contribution in [0.4, 0.5) is 5.82 Å². The summed E-state index contributed by atoms with van der Waals surface area (Å²) >= 11 is 6.27. The van der Waals surface area contributed by atoms with E-state index in [1.165, 1.54) is 12.3 Å². The molecule has 1 N–H and O–H groups in total. The Hall–Kier alpha value is -2.34. The molecule has 1 aromatic carbocycles. The number of rotatable bonds is 3. The van der Waals surface area contributed by atoms with E-state index in [1.54, 1.807) is 4.68 Å². The Morgan fingerprint density at radius 2 is 2.24 bits per heavy atom. The molecule has 3 aromatic rings. The number of aryl methyl sites for hydroxylation is 2. The monoisotopic (exact) mass is 304 g/mol. The molecule has 1 amide bonds. The molecule has 0 aliphatic heterocycles. The molecule has 0 saturated heterocycles. The minimum atomic E-state index is -0.412. The standard InChI is InChI=1S/C14H13ClN4O2/c1-3-8-4-5-9(15)11-12(8)19(2)18-13(11)17-14(20)10-6-7-16-21-10/h4-7H,3H2,1-2H3,(H,17,18,20). The van der Waals surface area contributed by atoms with Crippen molar-refractivity contribution < 1.29 is 9.32 Å². The molecule has 7 heteroatoms. The van der Waals surface area contributed by atoms with E-state index in [-0.39, 0.29) is 5.76 Å². The van der Waals surface area contributed by atoms with Crippen molar-refractivity contribution in [2.45, 2.75) is 13.3 Å². The van der Waals surface area contributed by atoms with E-state index in [2.05, 4.69) is 22.5 Å². The lowest BCUT2D eigenvalue weighted by Gasteiger charge is -2.04. The predicted octanol–water partition coefficient (Wildman–Crippen LogP) is 3.03. The Morgan fingerprint density at radius 3 is 2.90 bits per heavy atom. The zero-order valence-corrected chi connectivity index (χ0v) is 12.3. The number of hydrogen-bond acceptors (Lipinski definition) is 4. The van der Waals surface area contributed by atoms with Gasteiger partial charge in [-0.3, -0.25) is 9.48 Å². The molecule has 0 saturated carbocycles. The normalized spacial score (nSPS) is 11.0. The second kappa shape index (κ2) is 5.21. The molecule has 0 fully saturated rings. The lowest BCUT2D eigenvalue weighted by Crippen LogP contribution is -2.11. The molecule has 2 aromatic heterocycles. The van der Waals surface area contributed by atoms with Gasteiger partial charge in [0.2, 0.25) is 5.76 Å². The van der Waals surface area contributed by atoms with Gasteiger partial charge in [-0.05, 0) is 18.1 Å². The second-order valence-electron chi connectivity index (χ2n) is 4.59. The van der Waals surface area contributed by atoms with Gasteiger partial charge in [0.1, 0.15) is 0 Å². The van der Waals surface area contributed by atoms with Crippen LogP contribution in [-0.4, -0.2) is 20.8 Å². The molecule has 0 spiro atoms. The van der Waals surface area contributed by atoms with Crippen molar-refractivity contribution in [3.8, 4) is 0 Å². The lowest BCUT2D eigenvalue weighted by molar-refractivity contribution is 0.0987. The van der Waals surface area contributed by atoms with Crippen LogP contribution in [-0.2, 0) is 13.5 Å². The molecule has 6 nitrogen and oxygen atoms in total. The third kappa shape index (κ3) is 2.27. The van der Waals surface area contributed by atoms with Gasteiger partial charge in [0, 0.05) is 13.1 Å². The fraction of sp³-hybridized carbons (Fsp3) is 0.214. The highest BCUT2D eigenvalue weighted by atomic mass is 35.5. The Morgan fingerprint density at radius 1 is 1.43 bits per heavy atom. The Kier molecular flexibility index (Phi) is 3.39. The summed E-state index contributed by atoms with van der Waals surface area (Å²) in [4.78, 5) is 12.1. The number of benzene rings is 1. The number of hydrogen-bond donors (Lipinski definition) is 1. The van der Waals surface area contributed by atoms with Gasteiger partial charge < -0.3 is 9.84 Å².